The number of amides is 1. The van der Waals surface area contributed by atoms with Gasteiger partial charge >= 0.3 is 0 Å². The van der Waals surface area contributed by atoms with Crippen LogP contribution in [0.4, 0.5) is 0 Å². The summed E-state index contributed by atoms with van der Waals surface area (Å²) >= 11 is 0. The quantitative estimate of drug-likeness (QED) is 0.876. The lowest BCUT2D eigenvalue weighted by Crippen LogP contribution is -2.35. The lowest BCUT2D eigenvalue weighted by Gasteiger charge is -2.29. The number of nitrogens with one attached hydrogen (secondary N) is 1. The Morgan fingerprint density at radius 3 is 2.57 bits per heavy atom. The molecule has 2 atom stereocenters. The summed E-state index contributed by atoms with van der Waals surface area (Å²) in [6.07, 6.45) is 2.09. The van der Waals surface area contributed by atoms with Crippen LogP contribution in [0, 0.1) is 5.92 Å². The van der Waals surface area contributed by atoms with Gasteiger partial charge in [0.15, 0.2) is 0 Å². The molecule has 1 aromatic carbocycles. The van der Waals surface area contributed by atoms with Crippen LogP contribution in [0.2, 0.25) is 0 Å². The smallest absolute Gasteiger partial charge is 0.241 e. The third kappa shape index (κ3) is 3.21. The molecule has 1 heterocycles. The lowest BCUT2D eigenvalue weighted by atomic mass is 10.0. The van der Waals surface area contributed by atoms with Gasteiger partial charge in [-0.25, -0.2) is 0 Å². The van der Waals surface area contributed by atoms with E-state index in [1.54, 1.807) is 7.11 Å². The average molecular weight is 290 g/mol. The minimum Gasteiger partial charge on any atom is -0.496 e. The standard InChI is InChI=1S/C17H26N2O2/c1-5-13(6-2)11-19-16(18-12(3)17(19)20)14-9-7-8-10-15(14)21-4/h7-10,12-13,16,18H,5-6,11H2,1-4H3. The van der Waals surface area contributed by atoms with Crippen LogP contribution in [0.3, 0.4) is 0 Å². The summed E-state index contributed by atoms with van der Waals surface area (Å²) in [6, 6.07) is 7.77. The number of nitrogens with zero attached hydrogens (tertiary/aromatic N) is 1. The number of carbonyl (C=O) groups is 1. The van der Waals surface area contributed by atoms with Crippen LogP contribution < -0.4 is 10.1 Å². The first kappa shape index (κ1) is 15.8. The third-order valence-corrected chi connectivity index (χ3v) is 4.42. The predicted octanol–water partition coefficient (Wildman–Crippen LogP) is 2.95. The number of ether oxygens (including phenoxy) is 1. The van der Waals surface area contributed by atoms with Crippen LogP contribution in [-0.4, -0.2) is 30.5 Å². The van der Waals surface area contributed by atoms with Crippen LogP contribution >= 0.6 is 0 Å². The summed E-state index contributed by atoms with van der Waals surface area (Å²) in [5.74, 6) is 1.54. The zero-order valence-corrected chi connectivity index (χ0v) is 13.4. The van der Waals surface area contributed by atoms with Gasteiger partial charge in [0.2, 0.25) is 5.91 Å². The molecule has 4 nitrogen and oxygen atoms in total. The highest BCUT2D eigenvalue weighted by molar-refractivity contribution is 5.84. The van der Waals surface area contributed by atoms with Crippen LogP contribution in [-0.2, 0) is 4.79 Å². The Morgan fingerprint density at radius 1 is 1.29 bits per heavy atom. The van der Waals surface area contributed by atoms with E-state index in [1.165, 1.54) is 0 Å². The Balaban J connectivity index is 2.29. The van der Waals surface area contributed by atoms with E-state index in [9.17, 15) is 4.79 Å². The highest BCUT2D eigenvalue weighted by Crippen LogP contribution is 2.32. The molecule has 0 bridgehead atoms. The molecule has 4 heteroatoms. The predicted molar refractivity (Wildman–Crippen MR) is 84.1 cm³/mol. The minimum atomic E-state index is -0.144. The molecule has 2 unspecified atom stereocenters. The number of carbonyl (C=O) groups excluding carboxylic acids is 1. The van der Waals surface area contributed by atoms with Crippen molar-refractivity contribution in [3.63, 3.8) is 0 Å². The Hall–Kier alpha value is -1.55. The second-order valence-electron chi connectivity index (χ2n) is 5.71. The molecule has 0 saturated carbocycles. The van der Waals surface area contributed by atoms with Crippen molar-refractivity contribution in [1.29, 1.82) is 0 Å². The van der Waals surface area contributed by atoms with Gasteiger partial charge in [0, 0.05) is 12.1 Å². The number of benzene rings is 1. The normalized spacial score (nSPS) is 22.1. The van der Waals surface area contributed by atoms with Gasteiger partial charge in [-0.2, -0.15) is 0 Å². The van der Waals surface area contributed by atoms with Crippen molar-refractivity contribution in [3.05, 3.63) is 29.8 Å². The molecule has 116 valence electrons. The molecule has 1 saturated heterocycles. The van der Waals surface area contributed by atoms with Gasteiger partial charge in [-0.15, -0.1) is 0 Å². The average Bonchev–Trinajstić information content (AvgIpc) is 2.80. The topological polar surface area (TPSA) is 41.6 Å². The van der Waals surface area contributed by atoms with Gasteiger partial charge < -0.3 is 9.64 Å². The SMILES string of the molecule is CCC(CC)CN1C(=O)C(C)NC1c1ccccc1OC. The Morgan fingerprint density at radius 2 is 1.95 bits per heavy atom. The van der Waals surface area contributed by atoms with Crippen molar-refractivity contribution < 1.29 is 9.53 Å². The highest BCUT2D eigenvalue weighted by Gasteiger charge is 2.38. The summed E-state index contributed by atoms with van der Waals surface area (Å²) in [7, 11) is 1.67. The largest absolute Gasteiger partial charge is 0.496 e. The number of methoxy groups -OCH3 is 1. The Labute approximate surface area is 127 Å². The minimum absolute atomic E-state index is 0.0933. The second kappa shape index (κ2) is 6.94. The van der Waals surface area contributed by atoms with Gasteiger partial charge in [-0.05, 0) is 18.9 Å². The molecule has 21 heavy (non-hydrogen) atoms. The maximum Gasteiger partial charge on any atom is 0.241 e. The lowest BCUT2D eigenvalue weighted by molar-refractivity contribution is -0.130. The van der Waals surface area contributed by atoms with Crippen molar-refractivity contribution in [3.8, 4) is 5.75 Å². The zero-order chi connectivity index (χ0) is 15.4. The molecule has 1 aliphatic heterocycles. The molecule has 0 spiro atoms. The summed E-state index contributed by atoms with van der Waals surface area (Å²) in [6.45, 7) is 7.09. The van der Waals surface area contributed by atoms with Crippen molar-refractivity contribution in [2.75, 3.05) is 13.7 Å². The van der Waals surface area contributed by atoms with E-state index in [-0.39, 0.29) is 18.1 Å². The summed E-state index contributed by atoms with van der Waals surface area (Å²) < 4.78 is 5.46. The molecule has 1 N–H and O–H groups in total. The van der Waals surface area contributed by atoms with Gasteiger partial charge in [0.05, 0.1) is 13.2 Å². The summed E-state index contributed by atoms with van der Waals surface area (Å²) in [5, 5.41) is 3.39. The fourth-order valence-corrected chi connectivity index (χ4v) is 2.94. The fraction of sp³-hybridized carbons (Fsp3) is 0.588. The van der Waals surface area contributed by atoms with Crippen molar-refractivity contribution >= 4 is 5.91 Å². The molecular formula is C17H26N2O2. The van der Waals surface area contributed by atoms with E-state index < -0.39 is 0 Å². The molecule has 0 radical (unpaired) electrons. The van der Waals surface area contributed by atoms with E-state index in [0.717, 1.165) is 30.7 Å². The van der Waals surface area contributed by atoms with Gasteiger partial charge in [0.25, 0.3) is 0 Å². The van der Waals surface area contributed by atoms with Crippen LogP contribution in [0.5, 0.6) is 5.75 Å². The first-order valence-corrected chi connectivity index (χ1v) is 7.81. The van der Waals surface area contributed by atoms with Gasteiger partial charge in [-0.1, -0.05) is 44.9 Å². The van der Waals surface area contributed by atoms with E-state index >= 15 is 0 Å². The monoisotopic (exact) mass is 290 g/mol. The van der Waals surface area contributed by atoms with Gasteiger partial charge in [0.1, 0.15) is 11.9 Å². The Bertz CT molecular complexity index is 485. The maximum absolute atomic E-state index is 12.5. The van der Waals surface area contributed by atoms with E-state index in [2.05, 4.69) is 19.2 Å². The molecular weight excluding hydrogens is 264 g/mol. The Kier molecular flexibility index (Phi) is 5.23. The third-order valence-electron chi connectivity index (χ3n) is 4.42. The van der Waals surface area contributed by atoms with E-state index in [4.69, 9.17) is 4.74 Å². The van der Waals surface area contributed by atoms with Crippen LogP contribution in [0.25, 0.3) is 0 Å². The van der Waals surface area contributed by atoms with Crippen molar-refractivity contribution in [2.24, 2.45) is 5.92 Å². The first-order chi connectivity index (χ1) is 10.1. The molecule has 1 amide bonds. The number of rotatable bonds is 6. The molecule has 1 aliphatic rings. The van der Waals surface area contributed by atoms with Gasteiger partial charge in [-0.3, -0.25) is 10.1 Å². The maximum atomic E-state index is 12.5. The van der Waals surface area contributed by atoms with Crippen molar-refractivity contribution in [1.82, 2.24) is 10.2 Å². The summed E-state index contributed by atoms with van der Waals surface area (Å²) in [5.41, 5.74) is 1.03. The van der Waals surface area contributed by atoms with E-state index in [1.807, 2.05) is 36.1 Å². The van der Waals surface area contributed by atoms with Crippen LogP contribution in [0.15, 0.2) is 24.3 Å². The molecule has 0 aliphatic carbocycles. The fourth-order valence-electron chi connectivity index (χ4n) is 2.94. The van der Waals surface area contributed by atoms with Crippen molar-refractivity contribution in [2.45, 2.75) is 45.8 Å². The number of hydrogen-bond donors (Lipinski definition) is 1. The zero-order valence-electron chi connectivity index (χ0n) is 13.4. The molecule has 0 aromatic heterocycles. The highest BCUT2D eigenvalue weighted by atomic mass is 16.5. The molecule has 2 rings (SSSR count). The van der Waals surface area contributed by atoms with E-state index in [0.29, 0.717) is 5.92 Å². The first-order valence-electron chi connectivity index (χ1n) is 7.81. The van der Waals surface area contributed by atoms with Crippen LogP contribution in [0.1, 0.15) is 45.3 Å². The molecule has 1 aromatic rings. The number of para-hydroxylation sites is 1. The summed E-state index contributed by atoms with van der Waals surface area (Å²) in [4.78, 5) is 14.5. The second-order valence-corrected chi connectivity index (χ2v) is 5.71. The number of hydrogen-bond acceptors (Lipinski definition) is 3. The molecule has 1 fully saturated rings.